The molecule has 0 aliphatic carbocycles. The normalized spacial score (nSPS) is 9.13. The lowest BCUT2D eigenvalue weighted by atomic mass is 10.2. The molecule has 0 amide bonds. The van der Waals surface area contributed by atoms with Gasteiger partial charge in [-0.2, -0.15) is 0 Å². The Hall–Kier alpha value is -1.78. The SMILES string of the molecule is Clc1ccc([N+]#Cc2ccccc2)cc1. The van der Waals surface area contributed by atoms with E-state index in [1.807, 2.05) is 54.6 Å². The third kappa shape index (κ3) is 2.83. The summed E-state index contributed by atoms with van der Waals surface area (Å²) in [5.74, 6) is 0. The van der Waals surface area contributed by atoms with Crippen molar-refractivity contribution in [3.8, 4) is 6.07 Å². The van der Waals surface area contributed by atoms with E-state index >= 15 is 0 Å². The number of hydrogen-bond donors (Lipinski definition) is 0. The highest BCUT2D eigenvalue weighted by Crippen LogP contribution is 2.16. The van der Waals surface area contributed by atoms with Gasteiger partial charge in [0.25, 0.3) is 0 Å². The molecule has 0 saturated heterocycles. The molecule has 0 fully saturated rings. The van der Waals surface area contributed by atoms with Gasteiger partial charge in [0.1, 0.15) is 5.56 Å². The maximum absolute atomic E-state index is 5.77. The molecule has 2 aromatic rings. The first-order chi connectivity index (χ1) is 7.34. The first kappa shape index (κ1) is 9.76. The number of halogens is 1. The highest BCUT2D eigenvalue weighted by Gasteiger charge is 1.99. The second kappa shape index (κ2) is 4.63. The molecule has 15 heavy (non-hydrogen) atoms. The van der Waals surface area contributed by atoms with E-state index in [1.165, 1.54) is 0 Å². The highest BCUT2D eigenvalue weighted by atomic mass is 35.5. The summed E-state index contributed by atoms with van der Waals surface area (Å²) in [5.41, 5.74) is 1.82. The standard InChI is InChI=1S/C13H9ClN/c14-12-6-8-13(9-7-12)15-10-11-4-2-1-3-5-11/h1-9H/q+1. The first-order valence-corrected chi connectivity index (χ1v) is 5.00. The average Bonchev–Trinajstić information content (AvgIpc) is 2.30. The Kier molecular flexibility index (Phi) is 3.02. The Morgan fingerprint density at radius 3 is 2.20 bits per heavy atom. The van der Waals surface area contributed by atoms with Gasteiger partial charge in [-0.3, -0.25) is 0 Å². The van der Waals surface area contributed by atoms with Gasteiger partial charge in [-0.25, -0.2) is 0 Å². The molecule has 0 saturated carbocycles. The average molecular weight is 215 g/mol. The fraction of sp³-hybridized carbons (Fsp3) is 0. The molecule has 0 unspecified atom stereocenters. The molecule has 0 aromatic heterocycles. The van der Waals surface area contributed by atoms with Crippen LogP contribution < -0.4 is 0 Å². The number of hydrogen-bond acceptors (Lipinski definition) is 0. The predicted molar refractivity (Wildman–Crippen MR) is 63.9 cm³/mol. The molecule has 0 radical (unpaired) electrons. The summed E-state index contributed by atoms with van der Waals surface area (Å²) < 4.78 is 0. The van der Waals surface area contributed by atoms with Crippen LogP contribution in [0.3, 0.4) is 0 Å². The number of rotatable bonds is 0. The van der Waals surface area contributed by atoms with Crippen molar-refractivity contribution in [2.45, 2.75) is 0 Å². The Labute approximate surface area is 93.8 Å². The molecular formula is C13H9ClN+. The van der Waals surface area contributed by atoms with Crippen LogP contribution >= 0.6 is 11.6 Å². The van der Waals surface area contributed by atoms with Crippen molar-refractivity contribution >= 4 is 17.3 Å². The van der Waals surface area contributed by atoms with Gasteiger partial charge in [-0.15, -0.1) is 0 Å². The molecule has 0 atom stereocenters. The van der Waals surface area contributed by atoms with Crippen LogP contribution in [0.1, 0.15) is 5.56 Å². The van der Waals surface area contributed by atoms with E-state index in [-0.39, 0.29) is 0 Å². The van der Waals surface area contributed by atoms with Gasteiger partial charge in [-0.1, -0.05) is 29.8 Å². The predicted octanol–water partition coefficient (Wildman–Crippen LogP) is 4.35. The van der Waals surface area contributed by atoms with E-state index in [9.17, 15) is 0 Å². The van der Waals surface area contributed by atoms with Gasteiger partial charge in [-0.05, 0) is 29.1 Å². The molecule has 1 nitrogen and oxygen atoms in total. The monoisotopic (exact) mass is 214 g/mol. The first-order valence-electron chi connectivity index (χ1n) is 4.62. The molecule has 2 rings (SSSR count). The molecule has 0 N–H and O–H groups in total. The van der Waals surface area contributed by atoms with Gasteiger partial charge in [0.15, 0.2) is 0 Å². The largest absolute Gasteiger partial charge is 0.340 e. The van der Waals surface area contributed by atoms with Crippen molar-refractivity contribution in [1.82, 2.24) is 0 Å². The van der Waals surface area contributed by atoms with E-state index in [0.29, 0.717) is 5.02 Å². The molecule has 0 spiro atoms. The maximum Gasteiger partial charge on any atom is 0.340 e. The summed E-state index contributed by atoms with van der Waals surface area (Å²) in [6.45, 7) is 0. The molecule has 0 bridgehead atoms. The van der Waals surface area contributed by atoms with E-state index in [4.69, 9.17) is 11.6 Å². The topological polar surface area (TPSA) is 4.36 Å². The second-order valence-electron chi connectivity index (χ2n) is 3.07. The fourth-order valence-corrected chi connectivity index (χ4v) is 1.28. The Morgan fingerprint density at radius 1 is 0.867 bits per heavy atom. The van der Waals surface area contributed by atoms with Crippen LogP contribution in [0.25, 0.3) is 4.85 Å². The minimum Gasteiger partial charge on any atom is -0.0843 e. The van der Waals surface area contributed by atoms with Crippen LogP contribution in [0.4, 0.5) is 5.69 Å². The minimum atomic E-state index is 0.716. The maximum atomic E-state index is 5.77. The van der Waals surface area contributed by atoms with Crippen molar-refractivity contribution in [1.29, 1.82) is 0 Å². The van der Waals surface area contributed by atoms with Crippen LogP contribution in [0.2, 0.25) is 5.02 Å². The highest BCUT2D eigenvalue weighted by molar-refractivity contribution is 6.30. The summed E-state index contributed by atoms with van der Waals surface area (Å²) >= 11 is 5.77. The molecule has 72 valence electrons. The van der Waals surface area contributed by atoms with Crippen molar-refractivity contribution in [2.75, 3.05) is 0 Å². The molecule has 0 heterocycles. The zero-order valence-electron chi connectivity index (χ0n) is 8.02. The quantitative estimate of drug-likeness (QED) is 0.614. The molecule has 0 aliphatic rings. The van der Waals surface area contributed by atoms with Gasteiger partial charge in [0.05, 0.1) is 0 Å². The van der Waals surface area contributed by atoms with E-state index < -0.39 is 0 Å². The Balaban J connectivity index is 2.22. The summed E-state index contributed by atoms with van der Waals surface area (Å²) in [6.07, 6.45) is 0. The van der Waals surface area contributed by atoms with Crippen LogP contribution in [-0.2, 0) is 0 Å². The smallest absolute Gasteiger partial charge is 0.0843 e. The summed E-state index contributed by atoms with van der Waals surface area (Å²) in [4.78, 5) is 4.21. The van der Waals surface area contributed by atoms with Crippen molar-refractivity contribution in [3.05, 3.63) is 70.0 Å². The van der Waals surface area contributed by atoms with Crippen molar-refractivity contribution in [2.24, 2.45) is 0 Å². The summed E-state index contributed by atoms with van der Waals surface area (Å²) in [5, 5.41) is 0.716. The van der Waals surface area contributed by atoms with Crippen LogP contribution in [-0.4, -0.2) is 0 Å². The van der Waals surface area contributed by atoms with Gasteiger partial charge < -0.3 is 0 Å². The number of nitrogens with zero attached hydrogens (tertiary/aromatic N) is 1. The zero-order chi connectivity index (χ0) is 10.5. The van der Waals surface area contributed by atoms with E-state index in [2.05, 4.69) is 10.9 Å². The third-order valence-corrected chi connectivity index (χ3v) is 2.17. The minimum absolute atomic E-state index is 0.716. The van der Waals surface area contributed by atoms with Crippen LogP contribution in [0.15, 0.2) is 54.6 Å². The summed E-state index contributed by atoms with van der Waals surface area (Å²) in [7, 11) is 0. The van der Waals surface area contributed by atoms with Crippen LogP contribution in [0.5, 0.6) is 0 Å². The van der Waals surface area contributed by atoms with Gasteiger partial charge in [0.2, 0.25) is 0 Å². The lowest BCUT2D eigenvalue weighted by Gasteiger charge is -1.82. The van der Waals surface area contributed by atoms with Crippen molar-refractivity contribution in [3.63, 3.8) is 0 Å². The molecule has 0 aliphatic heterocycles. The summed E-state index contributed by atoms with van der Waals surface area (Å²) in [6, 6.07) is 20.1. The molecular weight excluding hydrogens is 206 g/mol. The van der Waals surface area contributed by atoms with E-state index in [1.54, 1.807) is 0 Å². The molecule has 2 heteroatoms. The molecule has 2 aromatic carbocycles. The van der Waals surface area contributed by atoms with Crippen LogP contribution in [0, 0.1) is 6.07 Å². The van der Waals surface area contributed by atoms with Crippen molar-refractivity contribution < 1.29 is 0 Å². The lowest BCUT2D eigenvalue weighted by molar-refractivity contribution is 1.64. The Bertz CT molecular complexity index is 492. The van der Waals surface area contributed by atoms with E-state index in [0.717, 1.165) is 11.3 Å². The lowest BCUT2D eigenvalue weighted by Crippen LogP contribution is -1.68. The van der Waals surface area contributed by atoms with Gasteiger partial charge in [0, 0.05) is 17.2 Å². The zero-order valence-corrected chi connectivity index (χ0v) is 8.78. The number of benzene rings is 2. The van der Waals surface area contributed by atoms with Gasteiger partial charge >= 0.3 is 11.8 Å². The Morgan fingerprint density at radius 2 is 1.53 bits per heavy atom. The second-order valence-corrected chi connectivity index (χ2v) is 3.50. The fourth-order valence-electron chi connectivity index (χ4n) is 1.16. The third-order valence-electron chi connectivity index (χ3n) is 1.91.